The number of nitrogens with one attached hydrogen (secondary N) is 1. The predicted molar refractivity (Wildman–Crippen MR) is 82.1 cm³/mol. The molecule has 0 aliphatic carbocycles. The van der Waals surface area contributed by atoms with Crippen LogP contribution in [0.5, 0.6) is 0 Å². The Labute approximate surface area is 127 Å². The summed E-state index contributed by atoms with van der Waals surface area (Å²) in [6, 6.07) is 6.99. The fourth-order valence-corrected chi connectivity index (χ4v) is 2.93. The van der Waals surface area contributed by atoms with Crippen LogP contribution >= 0.6 is 11.3 Å². The molecule has 3 nitrogen and oxygen atoms in total. The van der Waals surface area contributed by atoms with Crippen molar-refractivity contribution in [3.05, 3.63) is 57.0 Å². The maximum atomic E-state index is 12.9. The topological polar surface area (TPSA) is 49.3 Å². The van der Waals surface area contributed by atoms with E-state index in [1.165, 1.54) is 35.6 Å². The lowest BCUT2D eigenvalue weighted by Gasteiger charge is -2.20. The smallest absolute Gasteiger partial charge is 0.261 e. The number of thiophene rings is 1. The van der Waals surface area contributed by atoms with E-state index in [4.69, 9.17) is 0 Å². The molecule has 1 amide bonds. The highest BCUT2D eigenvalue weighted by molar-refractivity contribution is 7.14. The molecule has 0 aliphatic rings. The van der Waals surface area contributed by atoms with Crippen LogP contribution in [0.4, 0.5) is 4.39 Å². The highest BCUT2D eigenvalue weighted by Crippen LogP contribution is 2.22. The molecule has 2 atom stereocenters. The summed E-state index contributed by atoms with van der Waals surface area (Å²) in [6.07, 6.45) is -0.878. The Balaban J connectivity index is 2.04. The fourth-order valence-electron chi connectivity index (χ4n) is 1.99. The van der Waals surface area contributed by atoms with Gasteiger partial charge in [-0.15, -0.1) is 11.3 Å². The molecule has 2 rings (SSSR count). The summed E-state index contributed by atoms with van der Waals surface area (Å²) in [5.74, 6) is -0.558. The number of aliphatic hydroxyl groups excluding tert-OH is 1. The summed E-state index contributed by atoms with van der Waals surface area (Å²) in [5.41, 5.74) is 1.65. The van der Waals surface area contributed by atoms with E-state index in [0.717, 1.165) is 10.4 Å². The fraction of sp³-hybridized carbons (Fsp3) is 0.312. The number of hydrogen-bond donors (Lipinski definition) is 2. The van der Waals surface area contributed by atoms with Crippen molar-refractivity contribution in [2.24, 2.45) is 0 Å². The number of aliphatic hydroxyl groups is 1. The molecule has 0 radical (unpaired) electrons. The van der Waals surface area contributed by atoms with E-state index >= 15 is 0 Å². The van der Waals surface area contributed by atoms with Gasteiger partial charge in [-0.25, -0.2) is 4.39 Å². The van der Waals surface area contributed by atoms with Crippen LogP contribution < -0.4 is 5.32 Å². The van der Waals surface area contributed by atoms with E-state index in [2.05, 4.69) is 5.32 Å². The minimum Gasteiger partial charge on any atom is -0.386 e. The van der Waals surface area contributed by atoms with Crippen LogP contribution in [-0.4, -0.2) is 17.1 Å². The van der Waals surface area contributed by atoms with E-state index in [-0.39, 0.29) is 11.7 Å². The largest absolute Gasteiger partial charge is 0.386 e. The number of rotatable bonds is 4. The number of carbonyl (C=O) groups is 1. The third-order valence-corrected chi connectivity index (χ3v) is 4.58. The second kappa shape index (κ2) is 6.37. The summed E-state index contributed by atoms with van der Waals surface area (Å²) >= 11 is 1.43. The van der Waals surface area contributed by atoms with Gasteiger partial charge in [0.1, 0.15) is 5.82 Å². The van der Waals surface area contributed by atoms with E-state index < -0.39 is 12.1 Å². The van der Waals surface area contributed by atoms with E-state index in [0.29, 0.717) is 10.4 Å². The van der Waals surface area contributed by atoms with Crippen LogP contribution in [0.2, 0.25) is 0 Å². The Hall–Kier alpha value is -1.72. The molecule has 2 N–H and O–H groups in total. The first-order chi connectivity index (χ1) is 9.88. The molecule has 0 aliphatic heterocycles. The van der Waals surface area contributed by atoms with Gasteiger partial charge in [0, 0.05) is 4.88 Å². The van der Waals surface area contributed by atoms with Gasteiger partial charge < -0.3 is 10.4 Å². The van der Waals surface area contributed by atoms with Gasteiger partial charge in [0.2, 0.25) is 0 Å². The highest BCUT2D eigenvalue weighted by atomic mass is 32.1. The molecule has 1 aromatic heterocycles. The standard InChI is InChI=1S/C16H18FNO2S/c1-9-8-14(21-11(9)3)16(20)18-10(2)15(19)12-4-6-13(17)7-5-12/h4-8,10,15,19H,1-3H3,(H,18,20). The number of benzene rings is 1. The molecular weight excluding hydrogens is 289 g/mol. The molecular formula is C16H18FNO2S. The maximum Gasteiger partial charge on any atom is 0.261 e. The van der Waals surface area contributed by atoms with Crippen molar-refractivity contribution < 1.29 is 14.3 Å². The maximum absolute atomic E-state index is 12.9. The van der Waals surface area contributed by atoms with E-state index in [9.17, 15) is 14.3 Å². The highest BCUT2D eigenvalue weighted by Gasteiger charge is 2.20. The molecule has 1 aromatic carbocycles. The zero-order valence-electron chi connectivity index (χ0n) is 12.2. The van der Waals surface area contributed by atoms with Gasteiger partial charge in [0.15, 0.2) is 0 Å². The zero-order chi connectivity index (χ0) is 15.6. The Bertz CT molecular complexity index is 617. The molecule has 1 heterocycles. The summed E-state index contributed by atoms with van der Waals surface area (Å²) in [6.45, 7) is 5.65. The molecule has 0 spiro atoms. The van der Waals surface area contributed by atoms with Crippen LogP contribution in [0.1, 0.15) is 38.7 Å². The van der Waals surface area contributed by atoms with Crippen molar-refractivity contribution in [1.82, 2.24) is 5.32 Å². The number of amides is 1. The van der Waals surface area contributed by atoms with Gasteiger partial charge in [0.25, 0.3) is 5.91 Å². The molecule has 2 aromatic rings. The van der Waals surface area contributed by atoms with Gasteiger partial charge in [0.05, 0.1) is 17.0 Å². The number of aryl methyl sites for hydroxylation is 2. The molecule has 21 heavy (non-hydrogen) atoms. The molecule has 112 valence electrons. The first-order valence-electron chi connectivity index (χ1n) is 6.70. The first kappa shape index (κ1) is 15.7. The SMILES string of the molecule is Cc1cc(C(=O)NC(C)C(O)c2ccc(F)cc2)sc1C. The lowest BCUT2D eigenvalue weighted by Crippen LogP contribution is -2.36. The van der Waals surface area contributed by atoms with E-state index in [1.807, 2.05) is 19.9 Å². The average molecular weight is 307 g/mol. The number of halogens is 1. The molecule has 5 heteroatoms. The van der Waals surface area contributed by atoms with E-state index in [1.54, 1.807) is 6.92 Å². The van der Waals surface area contributed by atoms with Crippen LogP contribution in [0.3, 0.4) is 0 Å². The predicted octanol–water partition coefficient (Wildman–Crippen LogP) is 3.36. The third-order valence-electron chi connectivity index (χ3n) is 3.43. The summed E-state index contributed by atoms with van der Waals surface area (Å²) < 4.78 is 12.9. The minimum atomic E-state index is -0.878. The minimum absolute atomic E-state index is 0.204. The van der Waals surface area contributed by atoms with Crippen LogP contribution in [0.25, 0.3) is 0 Å². The molecule has 2 unspecified atom stereocenters. The van der Waals surface area contributed by atoms with Crippen LogP contribution in [-0.2, 0) is 0 Å². The first-order valence-corrected chi connectivity index (χ1v) is 7.51. The van der Waals surface area contributed by atoms with Crippen molar-refractivity contribution in [3.8, 4) is 0 Å². The summed E-state index contributed by atoms with van der Waals surface area (Å²) in [5, 5.41) is 13.0. The lowest BCUT2D eigenvalue weighted by atomic mass is 10.0. The molecule has 0 bridgehead atoms. The lowest BCUT2D eigenvalue weighted by molar-refractivity contribution is 0.0855. The summed E-state index contributed by atoms with van der Waals surface area (Å²) in [7, 11) is 0. The van der Waals surface area contributed by atoms with Gasteiger partial charge >= 0.3 is 0 Å². The molecule has 0 fully saturated rings. The van der Waals surface area contributed by atoms with Crippen molar-refractivity contribution in [2.45, 2.75) is 32.9 Å². The quantitative estimate of drug-likeness (QED) is 0.910. The summed E-state index contributed by atoms with van der Waals surface area (Å²) in [4.78, 5) is 13.9. The normalized spacial score (nSPS) is 13.8. The Morgan fingerprint density at radius 1 is 1.29 bits per heavy atom. The zero-order valence-corrected chi connectivity index (χ0v) is 13.0. The molecule has 0 saturated carbocycles. The van der Waals surface area contributed by atoms with Gasteiger partial charge in [-0.1, -0.05) is 12.1 Å². The van der Waals surface area contributed by atoms with Crippen LogP contribution in [0.15, 0.2) is 30.3 Å². The van der Waals surface area contributed by atoms with Crippen LogP contribution in [0, 0.1) is 19.7 Å². The van der Waals surface area contributed by atoms with Gasteiger partial charge in [-0.2, -0.15) is 0 Å². The van der Waals surface area contributed by atoms with Gasteiger partial charge in [-0.3, -0.25) is 4.79 Å². The molecule has 0 saturated heterocycles. The monoisotopic (exact) mass is 307 g/mol. The third kappa shape index (κ3) is 3.68. The second-order valence-electron chi connectivity index (χ2n) is 5.11. The van der Waals surface area contributed by atoms with Crippen molar-refractivity contribution >= 4 is 17.2 Å². The average Bonchev–Trinajstić information content (AvgIpc) is 2.79. The van der Waals surface area contributed by atoms with Gasteiger partial charge in [-0.05, 0) is 50.1 Å². The van der Waals surface area contributed by atoms with Crippen molar-refractivity contribution in [2.75, 3.05) is 0 Å². The Morgan fingerprint density at radius 3 is 2.43 bits per heavy atom. The van der Waals surface area contributed by atoms with Crippen molar-refractivity contribution in [3.63, 3.8) is 0 Å². The second-order valence-corrected chi connectivity index (χ2v) is 6.36. The number of carbonyl (C=O) groups excluding carboxylic acids is 1. The number of hydrogen-bond acceptors (Lipinski definition) is 3. The Morgan fingerprint density at radius 2 is 1.90 bits per heavy atom. The Kier molecular flexibility index (Phi) is 4.75. The van der Waals surface area contributed by atoms with Crippen molar-refractivity contribution in [1.29, 1.82) is 0 Å².